The van der Waals surface area contributed by atoms with Gasteiger partial charge >= 0.3 is 0 Å². The Labute approximate surface area is 182 Å². The van der Waals surface area contributed by atoms with Gasteiger partial charge in [0.05, 0.1) is 7.11 Å². The SMILES string of the molecule is CN=C(NCCCCN1CCN(C)CC1)N(C)Cc1ccccc1OC.I. The highest BCUT2D eigenvalue weighted by Crippen LogP contribution is 2.18. The topological polar surface area (TPSA) is 43.3 Å². The second-order valence-corrected chi connectivity index (χ2v) is 6.99. The van der Waals surface area contributed by atoms with Crippen molar-refractivity contribution in [3.63, 3.8) is 0 Å². The molecular formula is C20H36IN5O. The van der Waals surface area contributed by atoms with E-state index in [4.69, 9.17) is 4.74 Å². The number of methoxy groups -OCH3 is 1. The third-order valence-corrected chi connectivity index (χ3v) is 4.95. The molecule has 1 aromatic carbocycles. The Morgan fingerprint density at radius 1 is 1.19 bits per heavy atom. The minimum Gasteiger partial charge on any atom is -0.496 e. The van der Waals surface area contributed by atoms with Gasteiger partial charge in [-0.2, -0.15) is 0 Å². The summed E-state index contributed by atoms with van der Waals surface area (Å²) >= 11 is 0. The normalized spacial score (nSPS) is 15.9. The summed E-state index contributed by atoms with van der Waals surface area (Å²) in [6.07, 6.45) is 2.39. The van der Waals surface area contributed by atoms with Crippen LogP contribution in [0.4, 0.5) is 0 Å². The maximum Gasteiger partial charge on any atom is 0.193 e. The Kier molecular flexibility index (Phi) is 11.7. The Bertz CT molecular complexity index is 561. The Morgan fingerprint density at radius 2 is 1.89 bits per heavy atom. The number of rotatable bonds is 8. The van der Waals surface area contributed by atoms with Crippen LogP contribution in [-0.4, -0.2) is 88.2 Å². The smallest absolute Gasteiger partial charge is 0.193 e. The van der Waals surface area contributed by atoms with Gasteiger partial charge in [-0.05, 0) is 32.5 Å². The van der Waals surface area contributed by atoms with E-state index in [1.165, 1.54) is 39.1 Å². The first-order valence-electron chi connectivity index (χ1n) is 9.58. The average molecular weight is 489 g/mol. The van der Waals surface area contributed by atoms with Gasteiger partial charge < -0.3 is 24.8 Å². The molecule has 0 unspecified atom stereocenters. The van der Waals surface area contributed by atoms with E-state index >= 15 is 0 Å². The van der Waals surface area contributed by atoms with E-state index in [2.05, 4.69) is 45.2 Å². The zero-order valence-electron chi connectivity index (χ0n) is 17.3. The van der Waals surface area contributed by atoms with E-state index < -0.39 is 0 Å². The van der Waals surface area contributed by atoms with Crippen LogP contribution in [0.15, 0.2) is 29.3 Å². The van der Waals surface area contributed by atoms with Crippen molar-refractivity contribution >= 4 is 29.9 Å². The maximum atomic E-state index is 5.44. The number of nitrogens with zero attached hydrogens (tertiary/aromatic N) is 4. The van der Waals surface area contributed by atoms with Crippen molar-refractivity contribution in [2.45, 2.75) is 19.4 Å². The molecule has 1 aliphatic heterocycles. The van der Waals surface area contributed by atoms with Crippen LogP contribution in [0.25, 0.3) is 0 Å². The summed E-state index contributed by atoms with van der Waals surface area (Å²) in [6.45, 7) is 7.71. The summed E-state index contributed by atoms with van der Waals surface area (Å²) in [5, 5.41) is 3.48. The van der Waals surface area contributed by atoms with Crippen molar-refractivity contribution in [1.82, 2.24) is 20.0 Å². The highest BCUT2D eigenvalue weighted by Gasteiger charge is 2.13. The Morgan fingerprint density at radius 3 is 2.56 bits per heavy atom. The number of ether oxygens (including phenoxy) is 1. The number of aliphatic imine (C=N–C) groups is 1. The van der Waals surface area contributed by atoms with Gasteiger partial charge in [-0.1, -0.05) is 18.2 Å². The third kappa shape index (κ3) is 8.23. The number of halogens is 1. The van der Waals surface area contributed by atoms with Crippen LogP contribution in [0.2, 0.25) is 0 Å². The number of piperazine rings is 1. The molecule has 1 fully saturated rings. The number of hydrogen-bond donors (Lipinski definition) is 1. The lowest BCUT2D eigenvalue weighted by atomic mass is 10.2. The first kappa shape index (κ1) is 24.0. The summed E-state index contributed by atoms with van der Waals surface area (Å²) in [4.78, 5) is 11.5. The van der Waals surface area contributed by atoms with Crippen molar-refractivity contribution < 1.29 is 4.74 Å². The van der Waals surface area contributed by atoms with Gasteiger partial charge in [-0.3, -0.25) is 4.99 Å². The lowest BCUT2D eigenvalue weighted by molar-refractivity contribution is 0.152. The van der Waals surface area contributed by atoms with E-state index in [0.29, 0.717) is 0 Å². The molecule has 0 bridgehead atoms. The fraction of sp³-hybridized carbons (Fsp3) is 0.650. The summed E-state index contributed by atoms with van der Waals surface area (Å²) in [5.41, 5.74) is 1.16. The number of benzene rings is 1. The second-order valence-electron chi connectivity index (χ2n) is 6.99. The molecule has 2 rings (SSSR count). The largest absolute Gasteiger partial charge is 0.496 e. The lowest BCUT2D eigenvalue weighted by Crippen LogP contribution is -2.44. The molecule has 0 radical (unpaired) electrons. The molecule has 154 valence electrons. The summed E-state index contributed by atoms with van der Waals surface area (Å²) in [5.74, 6) is 1.84. The molecule has 27 heavy (non-hydrogen) atoms. The van der Waals surface area contributed by atoms with Gasteiger partial charge in [-0.15, -0.1) is 24.0 Å². The summed E-state index contributed by atoms with van der Waals surface area (Å²) in [7, 11) is 7.82. The fourth-order valence-electron chi connectivity index (χ4n) is 3.28. The van der Waals surface area contributed by atoms with Crippen LogP contribution in [0.3, 0.4) is 0 Å². The van der Waals surface area contributed by atoms with E-state index in [0.717, 1.165) is 36.8 Å². The Hall–Kier alpha value is -1.06. The van der Waals surface area contributed by atoms with Gasteiger partial charge in [0.2, 0.25) is 0 Å². The minimum absolute atomic E-state index is 0. The van der Waals surface area contributed by atoms with E-state index in [1.807, 2.05) is 25.2 Å². The van der Waals surface area contributed by atoms with Gasteiger partial charge in [0.1, 0.15) is 5.75 Å². The molecule has 6 nitrogen and oxygen atoms in total. The summed E-state index contributed by atoms with van der Waals surface area (Å²) in [6, 6.07) is 8.13. The number of likely N-dealkylation sites (N-methyl/N-ethyl adjacent to an activating group) is 1. The molecule has 0 amide bonds. The van der Waals surface area contributed by atoms with E-state index in [9.17, 15) is 0 Å². The zero-order chi connectivity index (χ0) is 18.8. The van der Waals surface area contributed by atoms with Crippen molar-refractivity contribution in [2.75, 3.05) is 67.5 Å². The second kappa shape index (κ2) is 13.2. The van der Waals surface area contributed by atoms with Crippen LogP contribution >= 0.6 is 24.0 Å². The number of para-hydroxylation sites is 1. The molecule has 0 spiro atoms. The first-order chi connectivity index (χ1) is 12.6. The van der Waals surface area contributed by atoms with Crippen LogP contribution in [0.1, 0.15) is 18.4 Å². The number of guanidine groups is 1. The maximum absolute atomic E-state index is 5.44. The highest BCUT2D eigenvalue weighted by molar-refractivity contribution is 14.0. The van der Waals surface area contributed by atoms with Gasteiger partial charge in [0, 0.05) is 58.9 Å². The van der Waals surface area contributed by atoms with Crippen molar-refractivity contribution in [2.24, 2.45) is 4.99 Å². The van der Waals surface area contributed by atoms with E-state index in [-0.39, 0.29) is 24.0 Å². The third-order valence-electron chi connectivity index (χ3n) is 4.95. The molecule has 1 saturated heterocycles. The molecule has 0 aromatic heterocycles. The Balaban J connectivity index is 0.00000364. The zero-order valence-corrected chi connectivity index (χ0v) is 19.6. The van der Waals surface area contributed by atoms with Crippen molar-refractivity contribution in [1.29, 1.82) is 0 Å². The molecular weight excluding hydrogens is 453 g/mol. The van der Waals surface area contributed by atoms with Gasteiger partial charge in [-0.25, -0.2) is 0 Å². The first-order valence-corrected chi connectivity index (χ1v) is 9.58. The predicted octanol–water partition coefficient (Wildman–Crippen LogP) is 2.35. The number of unbranched alkanes of at least 4 members (excludes halogenated alkanes) is 1. The summed E-state index contributed by atoms with van der Waals surface area (Å²) < 4.78 is 5.44. The predicted molar refractivity (Wildman–Crippen MR) is 124 cm³/mol. The van der Waals surface area contributed by atoms with Crippen LogP contribution < -0.4 is 10.1 Å². The number of nitrogens with one attached hydrogen (secondary N) is 1. The average Bonchev–Trinajstić information content (AvgIpc) is 2.66. The van der Waals surface area contributed by atoms with Crippen molar-refractivity contribution in [3.8, 4) is 5.75 Å². The molecule has 7 heteroatoms. The standard InChI is InChI=1S/C20H35N5O.HI/c1-21-20(24(3)17-18-9-5-6-10-19(18)26-4)22-11-7-8-12-25-15-13-23(2)14-16-25;/h5-6,9-10H,7-8,11-17H2,1-4H3,(H,21,22);1H. The van der Waals surface area contributed by atoms with E-state index in [1.54, 1.807) is 7.11 Å². The number of hydrogen-bond acceptors (Lipinski definition) is 4. The van der Waals surface area contributed by atoms with Crippen LogP contribution in [0.5, 0.6) is 5.75 Å². The molecule has 0 atom stereocenters. The molecule has 0 aliphatic carbocycles. The minimum atomic E-state index is 0. The van der Waals surface area contributed by atoms with Crippen molar-refractivity contribution in [3.05, 3.63) is 29.8 Å². The molecule has 0 saturated carbocycles. The highest BCUT2D eigenvalue weighted by atomic mass is 127. The van der Waals surface area contributed by atoms with Crippen LogP contribution in [-0.2, 0) is 6.54 Å². The molecule has 1 aliphatic rings. The van der Waals surface area contributed by atoms with Gasteiger partial charge in [0.15, 0.2) is 5.96 Å². The van der Waals surface area contributed by atoms with Gasteiger partial charge in [0.25, 0.3) is 0 Å². The molecule has 1 heterocycles. The quantitative estimate of drug-likeness (QED) is 0.263. The lowest BCUT2D eigenvalue weighted by Gasteiger charge is -2.32. The molecule has 1 aromatic rings. The molecule has 1 N–H and O–H groups in total. The monoisotopic (exact) mass is 489 g/mol. The fourth-order valence-corrected chi connectivity index (χ4v) is 3.28. The van der Waals surface area contributed by atoms with Crippen LogP contribution in [0, 0.1) is 0 Å².